The van der Waals surface area contributed by atoms with E-state index in [0.29, 0.717) is 31.8 Å². The number of nitrogens with two attached hydrogens (primary N) is 2. The van der Waals surface area contributed by atoms with Gasteiger partial charge in [0.2, 0.25) is 11.8 Å². The molecular weight excluding hydrogens is 584 g/mol. The molecule has 8 nitrogen and oxygen atoms in total. The first kappa shape index (κ1) is 45.3. The van der Waals surface area contributed by atoms with E-state index in [1.807, 2.05) is 0 Å². The Morgan fingerprint density at radius 3 is 1.34 bits per heavy atom. The highest BCUT2D eigenvalue weighted by molar-refractivity contribution is 5.82. The normalized spacial score (nSPS) is 12.5. The molecule has 278 valence electrons. The lowest BCUT2D eigenvalue weighted by Gasteiger charge is -2.26. The van der Waals surface area contributed by atoms with Gasteiger partial charge in [-0.25, -0.2) is 0 Å². The largest absolute Gasteiger partial charge is 0.374 e. The number of amidine groups is 1. The molecule has 0 aromatic carbocycles. The fraction of sp³-hybridized carbons (Fsp3) is 0.923. The molecule has 0 saturated heterocycles. The Balaban J connectivity index is 4.38. The summed E-state index contributed by atoms with van der Waals surface area (Å²) in [6.45, 7) is 9.08. The molecular formula is C39H80N6O2. The van der Waals surface area contributed by atoms with Gasteiger partial charge in [0.1, 0.15) is 0 Å². The van der Waals surface area contributed by atoms with E-state index in [1.165, 1.54) is 128 Å². The molecule has 2 atom stereocenters. The topological polar surface area (TPSA) is 137 Å². The Labute approximate surface area is 291 Å². The second-order valence-electron chi connectivity index (χ2n) is 14.1. The van der Waals surface area contributed by atoms with Crippen molar-refractivity contribution in [1.29, 1.82) is 5.41 Å². The molecule has 0 heterocycles. The summed E-state index contributed by atoms with van der Waals surface area (Å²) >= 11 is 0. The number of hydrogen-bond donors (Lipinski definition) is 5. The average Bonchev–Trinajstić information content (AvgIpc) is 3.06. The molecule has 0 bridgehead atoms. The summed E-state index contributed by atoms with van der Waals surface area (Å²) in [5, 5.41) is 13.2. The predicted molar refractivity (Wildman–Crippen MR) is 203 cm³/mol. The highest BCUT2D eigenvalue weighted by Crippen LogP contribution is 2.14. The van der Waals surface area contributed by atoms with Gasteiger partial charge >= 0.3 is 0 Å². The third-order valence-corrected chi connectivity index (χ3v) is 9.35. The molecule has 2 amide bonds. The number of unbranched alkanes of at least 4 members (excludes halogenated alkanes) is 21. The monoisotopic (exact) mass is 665 g/mol. The quantitative estimate of drug-likeness (QED) is 0.0262. The number of nitrogens with one attached hydrogen (secondary N) is 3. The van der Waals surface area contributed by atoms with E-state index in [0.717, 1.165) is 45.2 Å². The molecule has 0 aliphatic carbocycles. The number of nitrogens with zero attached hydrogens (tertiary/aromatic N) is 1. The average molecular weight is 665 g/mol. The summed E-state index contributed by atoms with van der Waals surface area (Å²) in [5.41, 5.74) is 12.4. The number of carbonyl (C=O) groups is 2. The van der Waals surface area contributed by atoms with Crippen molar-refractivity contribution < 1.29 is 9.59 Å². The van der Waals surface area contributed by atoms with Gasteiger partial charge in [-0.2, -0.15) is 0 Å². The zero-order valence-corrected chi connectivity index (χ0v) is 31.5. The van der Waals surface area contributed by atoms with Crippen LogP contribution in [0, 0.1) is 5.41 Å². The van der Waals surface area contributed by atoms with Crippen molar-refractivity contribution in [2.45, 2.75) is 206 Å². The smallest absolute Gasteiger partial charge is 0.239 e. The third-order valence-electron chi connectivity index (χ3n) is 9.35. The van der Waals surface area contributed by atoms with Gasteiger partial charge in [-0.1, -0.05) is 142 Å². The zero-order valence-electron chi connectivity index (χ0n) is 31.5. The van der Waals surface area contributed by atoms with E-state index in [9.17, 15) is 9.59 Å². The van der Waals surface area contributed by atoms with Crippen molar-refractivity contribution in [1.82, 2.24) is 15.5 Å². The maximum Gasteiger partial charge on any atom is 0.239 e. The summed E-state index contributed by atoms with van der Waals surface area (Å²) in [6.07, 6.45) is 32.3. The summed E-state index contributed by atoms with van der Waals surface area (Å²) in [6, 6.07) is -1.01. The van der Waals surface area contributed by atoms with Crippen molar-refractivity contribution in [3.63, 3.8) is 0 Å². The van der Waals surface area contributed by atoms with Crippen molar-refractivity contribution >= 4 is 17.6 Å². The van der Waals surface area contributed by atoms with E-state index in [1.54, 1.807) is 6.92 Å². The maximum atomic E-state index is 13.4. The van der Waals surface area contributed by atoms with Crippen LogP contribution in [0.1, 0.15) is 194 Å². The maximum absolute atomic E-state index is 13.4. The molecule has 7 N–H and O–H groups in total. The Morgan fingerprint density at radius 2 is 0.915 bits per heavy atom. The second kappa shape index (κ2) is 34.2. The molecule has 0 fully saturated rings. The van der Waals surface area contributed by atoms with Crippen molar-refractivity contribution in [2.75, 3.05) is 26.2 Å². The summed E-state index contributed by atoms with van der Waals surface area (Å²) in [5.74, 6) is 0.386. The lowest BCUT2D eigenvalue weighted by molar-refractivity contribution is -0.133. The van der Waals surface area contributed by atoms with Crippen LogP contribution in [-0.4, -0.2) is 60.8 Å². The summed E-state index contributed by atoms with van der Waals surface area (Å²) < 4.78 is 0. The third kappa shape index (κ3) is 30.1. The standard InChI is InChI=1S/C39H80N6O2/c1-4-6-8-10-12-14-16-17-19-21-23-27-34-45(33-26-22-20-18-15-13-11-9-7-5-2)39(47)37(42)29-24-25-31-44-38(46)36(41)30-28-32-43-35(3)40/h36-37H,4-34,41-42H2,1-3H3,(H2,40,43)(H,44,46). The minimum absolute atomic E-state index is 0.101. The molecule has 8 heteroatoms. The lowest BCUT2D eigenvalue weighted by atomic mass is 10.0. The number of carbonyl (C=O) groups excluding carboxylic acids is 2. The van der Waals surface area contributed by atoms with Crippen LogP contribution in [0.15, 0.2) is 0 Å². The first-order valence-electron chi connectivity index (χ1n) is 20.2. The Kier molecular flexibility index (Phi) is 33.0. The summed E-state index contributed by atoms with van der Waals surface area (Å²) in [4.78, 5) is 27.7. The molecule has 0 aromatic heterocycles. The van der Waals surface area contributed by atoms with E-state index in [4.69, 9.17) is 16.9 Å². The second-order valence-corrected chi connectivity index (χ2v) is 14.1. The first-order chi connectivity index (χ1) is 22.8. The summed E-state index contributed by atoms with van der Waals surface area (Å²) in [7, 11) is 0. The number of hydrogen-bond acceptors (Lipinski definition) is 5. The van der Waals surface area contributed by atoms with Gasteiger partial charge in [-0.15, -0.1) is 0 Å². The van der Waals surface area contributed by atoms with Gasteiger partial charge in [0.05, 0.1) is 17.9 Å². The van der Waals surface area contributed by atoms with Gasteiger partial charge in [0.25, 0.3) is 0 Å². The SMILES string of the molecule is CCCCCCCCCCCCCCN(CCCCCCCCCCCC)C(=O)C(N)CCCCNC(=O)C(N)CCCNC(C)=N. The predicted octanol–water partition coefficient (Wildman–Crippen LogP) is 8.75. The van der Waals surface area contributed by atoms with E-state index in [2.05, 4.69) is 29.4 Å². The van der Waals surface area contributed by atoms with Crippen LogP contribution in [-0.2, 0) is 9.59 Å². The van der Waals surface area contributed by atoms with Crippen LogP contribution in [0.3, 0.4) is 0 Å². The van der Waals surface area contributed by atoms with E-state index >= 15 is 0 Å². The molecule has 0 spiro atoms. The van der Waals surface area contributed by atoms with Gasteiger partial charge in [-0.3, -0.25) is 15.0 Å². The number of amides is 2. The molecule has 0 saturated carbocycles. The molecule has 0 aromatic rings. The fourth-order valence-electron chi connectivity index (χ4n) is 6.18. The van der Waals surface area contributed by atoms with Gasteiger partial charge in [0, 0.05) is 26.2 Å². The highest BCUT2D eigenvalue weighted by Gasteiger charge is 2.20. The van der Waals surface area contributed by atoms with Crippen LogP contribution >= 0.6 is 0 Å². The molecule has 0 rings (SSSR count). The van der Waals surface area contributed by atoms with Gasteiger partial charge in [0.15, 0.2) is 0 Å². The van der Waals surface area contributed by atoms with Crippen LogP contribution in [0.25, 0.3) is 0 Å². The van der Waals surface area contributed by atoms with Crippen LogP contribution in [0.5, 0.6) is 0 Å². The van der Waals surface area contributed by atoms with Crippen LogP contribution in [0.2, 0.25) is 0 Å². The minimum atomic E-state index is -0.536. The zero-order chi connectivity index (χ0) is 34.8. The Morgan fingerprint density at radius 1 is 0.532 bits per heavy atom. The minimum Gasteiger partial charge on any atom is -0.374 e. The molecule has 2 unspecified atom stereocenters. The highest BCUT2D eigenvalue weighted by atomic mass is 16.2. The molecule has 47 heavy (non-hydrogen) atoms. The molecule has 0 aliphatic heterocycles. The first-order valence-corrected chi connectivity index (χ1v) is 20.2. The Hall–Kier alpha value is -1.67. The Bertz CT molecular complexity index is 734. The van der Waals surface area contributed by atoms with Crippen molar-refractivity contribution in [3.05, 3.63) is 0 Å². The van der Waals surface area contributed by atoms with Gasteiger partial charge in [-0.05, 0) is 51.9 Å². The van der Waals surface area contributed by atoms with Crippen molar-refractivity contribution in [3.8, 4) is 0 Å². The van der Waals surface area contributed by atoms with E-state index < -0.39 is 12.1 Å². The van der Waals surface area contributed by atoms with E-state index in [-0.39, 0.29) is 11.8 Å². The molecule has 0 aliphatic rings. The lowest BCUT2D eigenvalue weighted by Crippen LogP contribution is -2.44. The van der Waals surface area contributed by atoms with Crippen LogP contribution in [0.4, 0.5) is 0 Å². The van der Waals surface area contributed by atoms with Crippen LogP contribution < -0.4 is 22.1 Å². The molecule has 0 radical (unpaired) electrons. The number of rotatable bonds is 35. The fourth-order valence-corrected chi connectivity index (χ4v) is 6.18. The van der Waals surface area contributed by atoms with Crippen molar-refractivity contribution in [2.24, 2.45) is 11.5 Å². The van der Waals surface area contributed by atoms with Gasteiger partial charge < -0.3 is 27.0 Å².